The summed E-state index contributed by atoms with van der Waals surface area (Å²) in [6.07, 6.45) is -4.11. The number of benzene rings is 1. The smallest absolute Gasteiger partial charge is 0.425 e. The first-order valence-electron chi connectivity index (χ1n) is 19.7. The van der Waals surface area contributed by atoms with Gasteiger partial charge in [-0.05, 0) is 76.5 Å². The van der Waals surface area contributed by atoms with E-state index in [1.165, 1.54) is 4.90 Å². The van der Waals surface area contributed by atoms with Crippen LogP contribution in [0.2, 0.25) is 0 Å². The molecule has 2 N–H and O–H groups in total. The van der Waals surface area contributed by atoms with Crippen LogP contribution in [0.4, 0.5) is 26.3 Å². The highest BCUT2D eigenvalue weighted by Crippen LogP contribution is 2.50. The highest BCUT2D eigenvalue weighted by molar-refractivity contribution is 7.10. The van der Waals surface area contributed by atoms with Crippen LogP contribution in [0.3, 0.4) is 0 Å². The number of ether oxygens (including phenoxy) is 2. The molecule has 58 heavy (non-hydrogen) atoms. The molecule has 6 rings (SSSR count). The van der Waals surface area contributed by atoms with Crippen LogP contribution in [-0.4, -0.2) is 74.2 Å². The lowest BCUT2D eigenvalue weighted by Crippen LogP contribution is -2.68. The maximum atomic E-state index is 15.0. The van der Waals surface area contributed by atoms with Crippen molar-refractivity contribution in [1.82, 2.24) is 14.8 Å². The number of carbonyl (C=O) groups is 2. The lowest BCUT2D eigenvalue weighted by molar-refractivity contribution is -0.163. The lowest BCUT2D eigenvalue weighted by Gasteiger charge is -2.51. The van der Waals surface area contributed by atoms with Crippen LogP contribution in [0.15, 0.2) is 66.4 Å². The lowest BCUT2D eigenvalue weighted by atomic mass is 9.65. The Hall–Kier alpha value is -4.31. The van der Waals surface area contributed by atoms with Gasteiger partial charge in [-0.3, -0.25) is 14.6 Å². The molecule has 1 saturated carbocycles. The van der Waals surface area contributed by atoms with Crippen molar-refractivity contribution in [3.63, 3.8) is 0 Å². The minimum absolute atomic E-state index is 0.00580. The second kappa shape index (κ2) is 16.7. The minimum atomic E-state index is -4.91. The quantitative estimate of drug-likeness (QED) is 0.130. The van der Waals surface area contributed by atoms with Gasteiger partial charge in [0.05, 0.1) is 29.1 Å². The zero-order valence-corrected chi connectivity index (χ0v) is 33.3. The van der Waals surface area contributed by atoms with E-state index in [9.17, 15) is 41.4 Å². The van der Waals surface area contributed by atoms with Crippen LogP contribution in [-0.2, 0) is 22.7 Å². The normalized spacial score (nSPS) is 22.5. The Morgan fingerprint density at radius 1 is 1.00 bits per heavy atom. The first-order chi connectivity index (χ1) is 27.3. The van der Waals surface area contributed by atoms with Crippen molar-refractivity contribution in [2.24, 2.45) is 5.41 Å². The number of para-hydroxylation sites is 1. The number of nitrogens with zero attached hydrogens (tertiary/aromatic N) is 3. The van der Waals surface area contributed by atoms with Gasteiger partial charge >= 0.3 is 12.4 Å². The molecule has 2 saturated heterocycles. The summed E-state index contributed by atoms with van der Waals surface area (Å²) in [7, 11) is 0. The molecule has 3 aliphatic rings. The molecular formula is C42H49F6N3O6S. The molecule has 2 aliphatic heterocycles. The van der Waals surface area contributed by atoms with Crippen LogP contribution in [0.25, 0.3) is 0 Å². The van der Waals surface area contributed by atoms with Gasteiger partial charge in [0, 0.05) is 54.7 Å². The standard InChI is InChI=1S/C42H49F6N3O6S/c1-4-10-33-40(57-29-25-34(58-26-29)42(46,47)48,17-9-22-51(33)36(53)35-31(41(43,44)45)12-7-21-49-35)37(54)50-23-19-39(55,20-24-50)30-11-5-6-13-32(30)56-27(2)14-18-38(28(3)52)15-8-16-38/h5-7,11-13,21,25-27,33,52,55H,3-4,8-10,14-20,22-24H2,1-2H3/t27-,33-,40+/m1/s1. The third kappa shape index (κ3) is 8.68. The Morgan fingerprint density at radius 2 is 1.71 bits per heavy atom. The highest BCUT2D eigenvalue weighted by atomic mass is 32.1. The number of hydrogen-bond donors (Lipinski definition) is 2. The predicted molar refractivity (Wildman–Crippen MR) is 204 cm³/mol. The van der Waals surface area contributed by atoms with E-state index in [1.54, 1.807) is 31.2 Å². The third-order valence-corrected chi connectivity index (χ3v) is 13.0. The topological polar surface area (TPSA) is 112 Å². The number of piperidine rings is 2. The van der Waals surface area contributed by atoms with Crippen molar-refractivity contribution in [3.05, 3.63) is 88.1 Å². The van der Waals surface area contributed by atoms with Crippen molar-refractivity contribution in [1.29, 1.82) is 0 Å². The van der Waals surface area contributed by atoms with Gasteiger partial charge in [-0.15, -0.1) is 11.3 Å². The summed E-state index contributed by atoms with van der Waals surface area (Å²) in [4.78, 5) is 34.5. The van der Waals surface area contributed by atoms with E-state index in [-0.39, 0.29) is 74.8 Å². The summed E-state index contributed by atoms with van der Waals surface area (Å²) in [5.41, 5.74) is -5.30. The van der Waals surface area contributed by atoms with Gasteiger partial charge in [0.2, 0.25) is 5.60 Å². The van der Waals surface area contributed by atoms with Crippen molar-refractivity contribution in [2.75, 3.05) is 19.6 Å². The first kappa shape index (κ1) is 43.3. The number of aliphatic hydroxyl groups excluding tert-OH is 1. The van der Waals surface area contributed by atoms with Crippen LogP contribution in [0.1, 0.15) is 111 Å². The van der Waals surface area contributed by atoms with E-state index in [0.29, 0.717) is 41.9 Å². The number of pyridine rings is 1. The highest BCUT2D eigenvalue weighted by Gasteiger charge is 2.57. The maximum Gasteiger partial charge on any atom is 0.425 e. The molecule has 0 radical (unpaired) electrons. The summed E-state index contributed by atoms with van der Waals surface area (Å²) < 4.78 is 96.2. The Balaban J connectivity index is 1.27. The third-order valence-electron chi connectivity index (χ3n) is 12.1. The molecule has 4 heterocycles. The summed E-state index contributed by atoms with van der Waals surface area (Å²) in [5.74, 6) is -1.31. The average Bonchev–Trinajstić information content (AvgIpc) is 3.64. The second-order valence-electron chi connectivity index (χ2n) is 15.8. The van der Waals surface area contributed by atoms with E-state index in [2.05, 4.69) is 11.6 Å². The number of aromatic nitrogens is 1. The fraction of sp³-hybridized carbons (Fsp3) is 0.548. The number of likely N-dealkylation sites (tertiary alicyclic amines) is 2. The van der Waals surface area contributed by atoms with E-state index in [0.717, 1.165) is 53.9 Å². The fourth-order valence-electron chi connectivity index (χ4n) is 8.69. The average molecular weight is 838 g/mol. The zero-order valence-electron chi connectivity index (χ0n) is 32.5. The maximum absolute atomic E-state index is 15.0. The SMILES string of the molecule is C=C(O)C1(CC[C@@H](C)Oc2ccccc2C2(O)CCN(C(=O)[C@]3(Oc4csc(C(F)(F)F)c4)CCCN(C(=O)c4ncccc4C(F)(F)F)[C@@H]3CCC)CC2)CCC1. The number of alkyl halides is 6. The molecule has 3 fully saturated rings. The number of hydrogen-bond acceptors (Lipinski definition) is 8. The van der Waals surface area contributed by atoms with E-state index >= 15 is 4.79 Å². The van der Waals surface area contributed by atoms with Gasteiger partial charge in [0.15, 0.2) is 0 Å². The molecule has 0 unspecified atom stereocenters. The predicted octanol–water partition coefficient (Wildman–Crippen LogP) is 9.70. The zero-order chi connectivity index (χ0) is 42.1. The fourth-order valence-corrected chi connectivity index (χ4v) is 9.36. The number of rotatable bonds is 13. The number of aliphatic hydroxyl groups is 2. The molecule has 3 aromatic rings. The minimum Gasteiger partial charge on any atom is -0.512 e. The molecular weight excluding hydrogens is 789 g/mol. The van der Waals surface area contributed by atoms with E-state index in [1.807, 2.05) is 6.92 Å². The number of amides is 2. The van der Waals surface area contributed by atoms with Gasteiger partial charge in [-0.1, -0.05) is 44.5 Å². The largest absolute Gasteiger partial charge is 0.512 e. The van der Waals surface area contributed by atoms with Crippen molar-refractivity contribution in [3.8, 4) is 11.5 Å². The summed E-state index contributed by atoms with van der Waals surface area (Å²) in [5, 5.41) is 23.4. The van der Waals surface area contributed by atoms with Gasteiger partial charge in [0.25, 0.3) is 11.8 Å². The molecule has 3 atom stereocenters. The van der Waals surface area contributed by atoms with Crippen molar-refractivity contribution in [2.45, 2.75) is 120 Å². The molecule has 16 heteroatoms. The molecule has 2 aromatic heterocycles. The number of thiophene rings is 1. The van der Waals surface area contributed by atoms with Crippen molar-refractivity contribution < 1.29 is 55.6 Å². The van der Waals surface area contributed by atoms with Crippen LogP contribution in [0, 0.1) is 5.41 Å². The molecule has 316 valence electrons. The summed E-state index contributed by atoms with van der Waals surface area (Å²) in [6, 6.07) is 8.50. The monoisotopic (exact) mass is 837 g/mol. The van der Waals surface area contributed by atoms with Gasteiger partial charge < -0.3 is 29.5 Å². The van der Waals surface area contributed by atoms with Crippen LogP contribution in [0.5, 0.6) is 11.5 Å². The van der Waals surface area contributed by atoms with Crippen molar-refractivity contribution >= 4 is 23.2 Å². The summed E-state index contributed by atoms with van der Waals surface area (Å²) in [6.45, 7) is 7.40. The molecule has 2 amide bonds. The van der Waals surface area contributed by atoms with Crippen LogP contribution >= 0.6 is 11.3 Å². The number of halogens is 6. The number of carbonyl (C=O) groups excluding carboxylic acids is 2. The Labute approximate surface area is 337 Å². The van der Waals surface area contributed by atoms with Gasteiger partial charge in [0.1, 0.15) is 22.1 Å². The Bertz CT molecular complexity index is 1960. The van der Waals surface area contributed by atoms with Gasteiger partial charge in [-0.25, -0.2) is 0 Å². The molecule has 0 bridgehead atoms. The second-order valence-corrected chi connectivity index (χ2v) is 16.7. The molecule has 9 nitrogen and oxygen atoms in total. The van der Waals surface area contributed by atoms with Crippen LogP contribution < -0.4 is 9.47 Å². The summed E-state index contributed by atoms with van der Waals surface area (Å²) >= 11 is 0.376. The first-order valence-corrected chi connectivity index (χ1v) is 20.6. The number of allylic oxidation sites excluding steroid dienone is 1. The Kier molecular flexibility index (Phi) is 12.5. The molecule has 0 spiro atoms. The van der Waals surface area contributed by atoms with E-state index in [4.69, 9.17) is 9.47 Å². The van der Waals surface area contributed by atoms with Gasteiger partial charge in [-0.2, -0.15) is 26.3 Å². The Morgan fingerprint density at radius 3 is 2.31 bits per heavy atom. The molecule has 1 aliphatic carbocycles. The van der Waals surface area contributed by atoms with E-state index < -0.39 is 57.5 Å². The molecule has 1 aromatic carbocycles.